The van der Waals surface area contributed by atoms with Crippen LogP contribution in [0.3, 0.4) is 0 Å². The topological polar surface area (TPSA) is 112 Å². The van der Waals surface area contributed by atoms with Crippen molar-refractivity contribution in [3.05, 3.63) is 65.7 Å². The van der Waals surface area contributed by atoms with Gasteiger partial charge in [-0.05, 0) is 69.4 Å². The number of carbonyl (C=O) groups is 1. The Balaban J connectivity index is 1.52. The second kappa shape index (κ2) is 11.0. The van der Waals surface area contributed by atoms with Crippen molar-refractivity contribution < 1.29 is 4.79 Å². The van der Waals surface area contributed by atoms with E-state index >= 15 is 0 Å². The van der Waals surface area contributed by atoms with E-state index in [9.17, 15) is 4.79 Å². The number of rotatable bonds is 4. The summed E-state index contributed by atoms with van der Waals surface area (Å²) in [6.45, 7) is 8.21. The number of nitrogens with one attached hydrogen (secondary N) is 2. The van der Waals surface area contributed by atoms with E-state index < -0.39 is 0 Å². The van der Waals surface area contributed by atoms with Crippen molar-refractivity contribution in [2.75, 3.05) is 41.7 Å². The maximum atomic E-state index is 11.5. The highest BCUT2D eigenvalue weighted by Gasteiger charge is 2.22. The van der Waals surface area contributed by atoms with Gasteiger partial charge in [0.2, 0.25) is 23.0 Å². The molecule has 1 aliphatic rings. The molecule has 180 valence electrons. The Labute approximate surface area is 209 Å². The Bertz CT molecular complexity index is 1200. The van der Waals surface area contributed by atoms with Crippen molar-refractivity contribution in [3.8, 4) is 0 Å². The normalized spacial score (nSPS) is 14.0. The van der Waals surface area contributed by atoms with Crippen LogP contribution in [0.1, 0.15) is 28.7 Å². The average molecular weight is 490 g/mol. The monoisotopic (exact) mass is 489 g/mol. The molecule has 4 rings (SSSR count). The average Bonchev–Trinajstić information content (AvgIpc) is 2.84. The van der Waals surface area contributed by atoms with Gasteiger partial charge in [0.25, 0.3) is 0 Å². The lowest BCUT2D eigenvalue weighted by atomic mass is 10.1. The Hall–Kier alpha value is -3.99. The van der Waals surface area contributed by atoms with Gasteiger partial charge in [0, 0.05) is 61.2 Å². The summed E-state index contributed by atoms with van der Waals surface area (Å²) in [6, 6.07) is 10.8. The minimum absolute atomic E-state index is 0.0112. The molecule has 10 nitrogen and oxygen atoms in total. The van der Waals surface area contributed by atoms with Crippen LogP contribution >= 0.6 is 12.2 Å². The maximum absolute atomic E-state index is 11.5. The lowest BCUT2D eigenvalue weighted by Crippen LogP contribution is -2.51. The zero-order valence-electron chi connectivity index (χ0n) is 19.9. The highest BCUT2D eigenvalue weighted by atomic mass is 32.1. The van der Waals surface area contributed by atoms with Crippen LogP contribution in [0.5, 0.6) is 0 Å². The van der Waals surface area contributed by atoms with Crippen LogP contribution in [-0.2, 0) is 0 Å². The van der Waals surface area contributed by atoms with Gasteiger partial charge in [0.15, 0.2) is 5.78 Å². The van der Waals surface area contributed by atoms with E-state index in [1.165, 1.54) is 6.92 Å². The van der Waals surface area contributed by atoms with Crippen molar-refractivity contribution in [2.24, 2.45) is 4.99 Å². The summed E-state index contributed by atoms with van der Waals surface area (Å²) in [6.07, 6.45) is 3.49. The van der Waals surface area contributed by atoms with E-state index in [4.69, 9.17) is 12.2 Å². The van der Waals surface area contributed by atoms with Gasteiger partial charge in [0.05, 0.1) is 0 Å². The summed E-state index contributed by atoms with van der Waals surface area (Å²) in [5, 5.41) is 6.65. The number of anilines is 3. The van der Waals surface area contributed by atoms with Crippen LogP contribution in [0.2, 0.25) is 0 Å². The molecule has 0 amide bonds. The molecule has 0 radical (unpaired) electrons. The zero-order chi connectivity index (χ0) is 24.8. The summed E-state index contributed by atoms with van der Waals surface area (Å²) in [5.41, 5.74) is 3.10. The first-order valence-electron chi connectivity index (χ1n) is 11.2. The molecule has 1 aromatic carbocycles. The third kappa shape index (κ3) is 6.54. The Kier molecular flexibility index (Phi) is 7.56. The van der Waals surface area contributed by atoms with E-state index in [-0.39, 0.29) is 10.9 Å². The number of benzene rings is 1. The number of aryl methyl sites for hydroxylation is 2. The molecule has 11 heteroatoms. The first-order chi connectivity index (χ1) is 16.9. The molecule has 1 fully saturated rings. The first-order valence-corrected chi connectivity index (χ1v) is 11.6. The maximum Gasteiger partial charge on any atom is 0.229 e. The molecular formula is C24H27N9OS. The fraction of sp³-hybridized carbons (Fsp3) is 0.292. The fourth-order valence-corrected chi connectivity index (χ4v) is 3.87. The SMILES string of the molecule is CC(=O)c1ccc(NC(=S)/N=C(/Nc2nc(C)cc(C)n2)N2CCN(c3ncccn3)CC2)cc1. The van der Waals surface area contributed by atoms with Gasteiger partial charge >= 0.3 is 0 Å². The summed E-state index contributed by atoms with van der Waals surface area (Å²) in [5.74, 6) is 1.74. The second-order valence-electron chi connectivity index (χ2n) is 8.12. The number of Topliss-reactive ketones (excluding diaryl/α,β-unsaturated/α-hetero) is 1. The molecule has 2 aromatic heterocycles. The van der Waals surface area contributed by atoms with Crippen LogP contribution in [0.25, 0.3) is 0 Å². The van der Waals surface area contributed by atoms with Crippen LogP contribution in [0, 0.1) is 13.8 Å². The number of guanidine groups is 1. The van der Waals surface area contributed by atoms with Crippen LogP contribution in [0.15, 0.2) is 53.8 Å². The van der Waals surface area contributed by atoms with Crippen molar-refractivity contribution in [3.63, 3.8) is 0 Å². The predicted octanol–water partition coefficient (Wildman–Crippen LogP) is 3.07. The summed E-state index contributed by atoms with van der Waals surface area (Å²) < 4.78 is 0. The molecule has 3 heterocycles. The van der Waals surface area contributed by atoms with Gasteiger partial charge in [-0.25, -0.2) is 19.9 Å². The zero-order valence-corrected chi connectivity index (χ0v) is 20.7. The van der Waals surface area contributed by atoms with Crippen LogP contribution in [0.4, 0.5) is 17.6 Å². The molecule has 0 atom stereocenters. The Morgan fingerprint density at radius 3 is 2.20 bits per heavy atom. The van der Waals surface area contributed by atoms with Gasteiger partial charge in [-0.2, -0.15) is 4.99 Å². The number of carbonyl (C=O) groups excluding carboxylic acids is 1. The third-order valence-corrected chi connectivity index (χ3v) is 5.56. The lowest BCUT2D eigenvalue weighted by molar-refractivity contribution is 0.101. The van der Waals surface area contributed by atoms with E-state index in [0.29, 0.717) is 36.5 Å². The molecule has 0 unspecified atom stereocenters. The highest BCUT2D eigenvalue weighted by molar-refractivity contribution is 7.80. The largest absolute Gasteiger partial charge is 0.339 e. The molecule has 2 N–H and O–H groups in total. The van der Waals surface area contributed by atoms with Crippen molar-refractivity contribution in [1.82, 2.24) is 24.8 Å². The van der Waals surface area contributed by atoms with Crippen LogP contribution < -0.4 is 15.5 Å². The van der Waals surface area contributed by atoms with E-state index in [1.54, 1.807) is 42.7 Å². The summed E-state index contributed by atoms with van der Waals surface area (Å²) in [7, 11) is 0. The summed E-state index contributed by atoms with van der Waals surface area (Å²) >= 11 is 5.53. The quantitative estimate of drug-likeness (QED) is 0.245. The number of ketones is 1. The molecule has 0 saturated carbocycles. The smallest absolute Gasteiger partial charge is 0.229 e. The van der Waals surface area contributed by atoms with Gasteiger partial charge in [0.1, 0.15) is 0 Å². The van der Waals surface area contributed by atoms with Gasteiger partial charge in [-0.1, -0.05) is 0 Å². The second-order valence-corrected chi connectivity index (χ2v) is 8.51. The van der Waals surface area contributed by atoms with Gasteiger partial charge in [-0.3, -0.25) is 10.1 Å². The molecule has 0 aliphatic carbocycles. The van der Waals surface area contributed by atoms with E-state index in [0.717, 1.165) is 30.2 Å². The fourth-order valence-electron chi connectivity index (χ4n) is 3.67. The Morgan fingerprint density at radius 2 is 1.60 bits per heavy atom. The van der Waals surface area contributed by atoms with Gasteiger partial charge in [-0.15, -0.1) is 0 Å². The van der Waals surface area contributed by atoms with Crippen molar-refractivity contribution in [2.45, 2.75) is 20.8 Å². The number of hydrogen-bond acceptors (Lipinski definition) is 7. The number of aliphatic imine (C=N–C) groups is 1. The molecule has 1 aliphatic heterocycles. The molecule has 0 spiro atoms. The molecule has 1 saturated heterocycles. The minimum Gasteiger partial charge on any atom is -0.339 e. The Morgan fingerprint density at radius 1 is 0.971 bits per heavy atom. The standard InChI is InChI=1S/C24H27N9OS/c1-16-15-17(2)28-21(27-16)30-23(31-24(35)29-20-7-5-19(6-8-20)18(3)34)33-13-11-32(12-14-33)22-25-9-4-10-26-22/h4-10,15H,11-14H2,1-3H3,(H2,27,28,29,30,31,35). The molecule has 0 bridgehead atoms. The lowest BCUT2D eigenvalue weighted by Gasteiger charge is -2.36. The third-order valence-electron chi connectivity index (χ3n) is 5.37. The number of thiocarbonyl (C=S) groups is 1. The van der Waals surface area contributed by atoms with Crippen LogP contribution in [-0.4, -0.2) is 67.9 Å². The molecule has 3 aromatic rings. The number of aromatic nitrogens is 4. The van der Waals surface area contributed by atoms with Crippen molar-refractivity contribution in [1.29, 1.82) is 0 Å². The molecular weight excluding hydrogens is 462 g/mol. The summed E-state index contributed by atoms with van der Waals surface area (Å²) in [4.78, 5) is 38.1. The minimum atomic E-state index is 0.0112. The number of piperazine rings is 1. The van der Waals surface area contributed by atoms with E-state index in [2.05, 4.69) is 45.4 Å². The van der Waals surface area contributed by atoms with E-state index in [1.807, 2.05) is 19.9 Å². The number of nitrogens with zero attached hydrogens (tertiary/aromatic N) is 7. The highest BCUT2D eigenvalue weighted by Crippen LogP contribution is 2.14. The molecule has 35 heavy (non-hydrogen) atoms. The first kappa shape index (κ1) is 24.1. The van der Waals surface area contributed by atoms with Gasteiger partial charge < -0.3 is 15.1 Å². The predicted molar refractivity (Wildman–Crippen MR) is 141 cm³/mol. The number of hydrogen-bond donors (Lipinski definition) is 2. The van der Waals surface area contributed by atoms with Crippen molar-refractivity contribution >= 4 is 46.7 Å².